The molecule has 1 aromatic heterocycles. The van der Waals surface area contributed by atoms with Gasteiger partial charge in [-0.2, -0.15) is 0 Å². The summed E-state index contributed by atoms with van der Waals surface area (Å²) in [5.41, 5.74) is 2.19. The number of hydrogen-bond donors (Lipinski definition) is 1. The van der Waals surface area contributed by atoms with Crippen molar-refractivity contribution < 1.29 is 9.47 Å². The van der Waals surface area contributed by atoms with E-state index in [-0.39, 0.29) is 0 Å². The zero-order valence-electron chi connectivity index (χ0n) is 12.2. The topological polar surface area (TPSA) is 43.4 Å². The molecule has 0 spiro atoms. The average Bonchev–Trinajstić information content (AvgIpc) is 2.48. The molecule has 1 heterocycles. The van der Waals surface area contributed by atoms with Crippen LogP contribution in [0.1, 0.15) is 18.1 Å². The SMILES string of the molecule is CCOc1cc(CNCc2cccnc2)cc(Cl)c1OC. The van der Waals surface area contributed by atoms with E-state index < -0.39 is 0 Å². The number of methoxy groups -OCH3 is 1. The molecule has 0 aliphatic rings. The van der Waals surface area contributed by atoms with E-state index in [1.54, 1.807) is 13.3 Å². The van der Waals surface area contributed by atoms with E-state index in [1.165, 1.54) is 0 Å². The summed E-state index contributed by atoms with van der Waals surface area (Å²) in [5.74, 6) is 1.25. The second kappa shape index (κ2) is 7.86. The van der Waals surface area contributed by atoms with Crippen molar-refractivity contribution in [3.63, 3.8) is 0 Å². The van der Waals surface area contributed by atoms with Gasteiger partial charge in [0, 0.05) is 25.5 Å². The minimum absolute atomic E-state index is 0.557. The first kappa shape index (κ1) is 15.6. The third-order valence-corrected chi connectivity index (χ3v) is 3.24. The lowest BCUT2D eigenvalue weighted by Crippen LogP contribution is -2.13. The molecule has 0 saturated heterocycles. The Balaban J connectivity index is 2.03. The fraction of sp³-hybridized carbons (Fsp3) is 0.312. The van der Waals surface area contributed by atoms with Crippen LogP contribution in [0, 0.1) is 0 Å². The highest BCUT2D eigenvalue weighted by Gasteiger charge is 2.11. The van der Waals surface area contributed by atoms with E-state index in [0.717, 1.165) is 17.7 Å². The second-order valence-corrected chi connectivity index (χ2v) is 4.91. The summed E-state index contributed by atoms with van der Waals surface area (Å²) in [6.07, 6.45) is 3.61. The molecule has 112 valence electrons. The van der Waals surface area contributed by atoms with Crippen molar-refractivity contribution in [2.75, 3.05) is 13.7 Å². The summed E-state index contributed by atoms with van der Waals surface area (Å²) in [7, 11) is 1.59. The summed E-state index contributed by atoms with van der Waals surface area (Å²) >= 11 is 6.22. The molecule has 0 bridgehead atoms. The molecule has 2 rings (SSSR count). The molecule has 0 aliphatic heterocycles. The Bertz CT molecular complexity index is 576. The lowest BCUT2D eigenvalue weighted by atomic mass is 10.2. The van der Waals surface area contributed by atoms with Gasteiger partial charge in [0.15, 0.2) is 11.5 Å². The predicted molar refractivity (Wildman–Crippen MR) is 84.0 cm³/mol. The van der Waals surface area contributed by atoms with Crippen molar-refractivity contribution in [3.8, 4) is 11.5 Å². The van der Waals surface area contributed by atoms with Gasteiger partial charge in [-0.1, -0.05) is 17.7 Å². The fourth-order valence-electron chi connectivity index (χ4n) is 2.04. The molecular weight excluding hydrogens is 288 g/mol. The van der Waals surface area contributed by atoms with Crippen molar-refractivity contribution >= 4 is 11.6 Å². The number of rotatable bonds is 7. The Morgan fingerprint density at radius 1 is 1.24 bits per heavy atom. The van der Waals surface area contributed by atoms with Gasteiger partial charge >= 0.3 is 0 Å². The molecule has 0 amide bonds. The van der Waals surface area contributed by atoms with Crippen molar-refractivity contribution in [2.24, 2.45) is 0 Å². The van der Waals surface area contributed by atoms with Crippen molar-refractivity contribution in [2.45, 2.75) is 20.0 Å². The summed E-state index contributed by atoms with van der Waals surface area (Å²) in [6, 6.07) is 7.80. The van der Waals surface area contributed by atoms with Gasteiger partial charge in [-0.25, -0.2) is 0 Å². The number of ether oxygens (including phenoxy) is 2. The molecule has 0 unspecified atom stereocenters. The number of pyridine rings is 1. The molecule has 0 fully saturated rings. The number of halogens is 1. The van der Waals surface area contributed by atoms with E-state index in [2.05, 4.69) is 10.3 Å². The van der Waals surface area contributed by atoms with Crippen LogP contribution in [0.2, 0.25) is 5.02 Å². The maximum absolute atomic E-state index is 6.22. The zero-order chi connectivity index (χ0) is 15.1. The predicted octanol–water partition coefficient (Wildman–Crippen LogP) is 3.43. The van der Waals surface area contributed by atoms with Gasteiger partial charge in [-0.15, -0.1) is 0 Å². The minimum atomic E-state index is 0.557. The molecule has 1 aromatic carbocycles. The normalized spacial score (nSPS) is 10.4. The third kappa shape index (κ3) is 4.34. The highest BCUT2D eigenvalue weighted by molar-refractivity contribution is 6.32. The van der Waals surface area contributed by atoms with Gasteiger partial charge < -0.3 is 14.8 Å². The Morgan fingerprint density at radius 2 is 2.05 bits per heavy atom. The lowest BCUT2D eigenvalue weighted by Gasteiger charge is -2.13. The van der Waals surface area contributed by atoms with Crippen LogP contribution in [0.4, 0.5) is 0 Å². The van der Waals surface area contributed by atoms with Gasteiger partial charge in [-0.05, 0) is 36.2 Å². The summed E-state index contributed by atoms with van der Waals surface area (Å²) in [6.45, 7) is 3.94. The van der Waals surface area contributed by atoms with E-state index >= 15 is 0 Å². The first-order valence-electron chi connectivity index (χ1n) is 6.83. The number of nitrogens with one attached hydrogen (secondary N) is 1. The van der Waals surface area contributed by atoms with Gasteiger partial charge in [0.1, 0.15) is 0 Å². The minimum Gasteiger partial charge on any atom is -0.491 e. The van der Waals surface area contributed by atoms with Crippen LogP contribution in [0.25, 0.3) is 0 Å². The average molecular weight is 307 g/mol. The largest absolute Gasteiger partial charge is 0.491 e. The highest BCUT2D eigenvalue weighted by atomic mass is 35.5. The van der Waals surface area contributed by atoms with Gasteiger partial charge in [0.25, 0.3) is 0 Å². The van der Waals surface area contributed by atoms with Crippen molar-refractivity contribution in [1.29, 1.82) is 0 Å². The van der Waals surface area contributed by atoms with Gasteiger partial charge in [0.2, 0.25) is 0 Å². The van der Waals surface area contributed by atoms with Crippen LogP contribution in [-0.2, 0) is 13.1 Å². The van der Waals surface area contributed by atoms with E-state index in [4.69, 9.17) is 21.1 Å². The molecule has 4 nitrogen and oxygen atoms in total. The standard InChI is InChI=1S/C16H19ClN2O2/c1-3-21-15-8-13(7-14(17)16(15)20-2)11-19-10-12-5-4-6-18-9-12/h4-9,19H,3,10-11H2,1-2H3. The summed E-state index contributed by atoms with van der Waals surface area (Å²) < 4.78 is 10.8. The smallest absolute Gasteiger partial charge is 0.179 e. The van der Waals surface area contributed by atoms with Gasteiger partial charge in [-0.3, -0.25) is 4.98 Å². The molecule has 0 radical (unpaired) electrons. The second-order valence-electron chi connectivity index (χ2n) is 4.51. The number of nitrogens with zero attached hydrogens (tertiary/aromatic N) is 1. The van der Waals surface area contributed by atoms with E-state index in [1.807, 2.05) is 37.4 Å². The quantitative estimate of drug-likeness (QED) is 0.851. The van der Waals surface area contributed by atoms with Gasteiger partial charge in [0.05, 0.1) is 18.7 Å². The lowest BCUT2D eigenvalue weighted by molar-refractivity contribution is 0.310. The molecule has 5 heteroatoms. The molecule has 0 saturated carbocycles. The number of hydrogen-bond acceptors (Lipinski definition) is 4. The monoisotopic (exact) mass is 306 g/mol. The molecule has 21 heavy (non-hydrogen) atoms. The van der Waals surface area contributed by atoms with Crippen molar-refractivity contribution in [3.05, 3.63) is 52.8 Å². The summed E-state index contributed by atoms with van der Waals surface area (Å²) in [5, 5.41) is 3.91. The Kier molecular flexibility index (Phi) is 5.84. The number of benzene rings is 1. The van der Waals surface area contributed by atoms with E-state index in [9.17, 15) is 0 Å². The van der Waals surface area contributed by atoms with Crippen LogP contribution in [-0.4, -0.2) is 18.7 Å². The maximum Gasteiger partial charge on any atom is 0.179 e. The van der Waals surface area contributed by atoms with Crippen molar-refractivity contribution in [1.82, 2.24) is 10.3 Å². The fourth-order valence-corrected chi connectivity index (χ4v) is 2.35. The Hall–Kier alpha value is -1.78. The van der Waals surface area contributed by atoms with Crippen LogP contribution < -0.4 is 14.8 Å². The van der Waals surface area contributed by atoms with Crippen LogP contribution in [0.3, 0.4) is 0 Å². The molecule has 1 N–H and O–H groups in total. The molecular formula is C16H19ClN2O2. The Labute approximate surface area is 130 Å². The summed E-state index contributed by atoms with van der Waals surface area (Å²) in [4.78, 5) is 4.09. The molecule has 0 aliphatic carbocycles. The van der Waals surface area contributed by atoms with E-state index in [0.29, 0.717) is 29.7 Å². The maximum atomic E-state index is 6.22. The molecule has 0 atom stereocenters. The van der Waals surface area contributed by atoms with Crippen LogP contribution in [0.15, 0.2) is 36.7 Å². The third-order valence-electron chi connectivity index (χ3n) is 2.95. The highest BCUT2D eigenvalue weighted by Crippen LogP contribution is 2.36. The number of aromatic nitrogens is 1. The van der Waals surface area contributed by atoms with Crippen LogP contribution in [0.5, 0.6) is 11.5 Å². The van der Waals surface area contributed by atoms with Crippen LogP contribution >= 0.6 is 11.6 Å². The first-order chi connectivity index (χ1) is 10.2. The first-order valence-corrected chi connectivity index (χ1v) is 7.21. The Morgan fingerprint density at radius 3 is 2.71 bits per heavy atom. The zero-order valence-corrected chi connectivity index (χ0v) is 13.0. The molecule has 2 aromatic rings.